The van der Waals surface area contributed by atoms with Crippen molar-refractivity contribution in [3.05, 3.63) is 98.6 Å². The number of hydrogen-bond donors (Lipinski definition) is 3. The number of nitrogens with zero attached hydrogens (tertiary/aromatic N) is 2. The molecule has 0 fully saturated rings. The van der Waals surface area contributed by atoms with Crippen LogP contribution in [0.15, 0.2) is 54.6 Å². The number of Topliss-reactive ketones (excluding diaryl/α,β-unsaturated/α-hetero) is 1. The van der Waals surface area contributed by atoms with E-state index in [2.05, 4.69) is 0 Å². The number of likely N-dealkylation sites (N-methyl/N-ethyl adjacent to an activating group) is 2. The molecule has 3 aliphatic rings. The Morgan fingerprint density at radius 1 is 0.811 bits per heavy atom. The highest BCUT2D eigenvalue weighted by atomic mass is 32.2. The van der Waals surface area contributed by atoms with Crippen LogP contribution in [0.3, 0.4) is 0 Å². The Kier molecular flexibility index (Phi) is 8.77. The lowest BCUT2D eigenvalue weighted by Gasteiger charge is -2.41. The molecule has 280 valence electrons. The first kappa shape index (κ1) is 38.1. The van der Waals surface area contributed by atoms with Gasteiger partial charge in [0.05, 0.1) is 22.7 Å². The molecule has 3 N–H and O–H groups in total. The van der Waals surface area contributed by atoms with Gasteiger partial charge >= 0.3 is 5.97 Å². The number of carboxylic acid groups (broad SMARTS) is 1. The van der Waals surface area contributed by atoms with Gasteiger partial charge in [-0.3, -0.25) is 13.9 Å². The normalized spacial score (nSPS) is 17.5. The number of benzene rings is 3. The van der Waals surface area contributed by atoms with Crippen LogP contribution in [-0.2, 0) is 20.2 Å². The highest BCUT2D eigenvalue weighted by Crippen LogP contribution is 2.47. The Balaban J connectivity index is 1.78. The molecule has 3 aromatic rings. The minimum absolute atomic E-state index is 0.178. The van der Waals surface area contributed by atoms with Gasteiger partial charge in [0.1, 0.15) is 30.1 Å². The zero-order valence-corrected chi connectivity index (χ0v) is 32.7. The van der Waals surface area contributed by atoms with Gasteiger partial charge in [0, 0.05) is 65.5 Å². The molecule has 3 aromatic carbocycles. The largest absolute Gasteiger partial charge is 0.478 e. The highest BCUT2D eigenvalue weighted by molar-refractivity contribution is 7.86. The first-order chi connectivity index (χ1) is 24.2. The molecule has 0 atom stereocenters. The lowest BCUT2D eigenvalue weighted by molar-refractivity contribution is 0.0696. The minimum atomic E-state index is -4.47. The third kappa shape index (κ3) is 6.96. The molecule has 0 amide bonds. The molecule has 12 nitrogen and oxygen atoms in total. The number of ether oxygens (including phenoxy) is 1. The van der Waals surface area contributed by atoms with Gasteiger partial charge in [-0.15, -0.1) is 0 Å². The zero-order valence-electron chi connectivity index (χ0n) is 31.0. The Morgan fingerprint density at radius 2 is 1.42 bits per heavy atom. The van der Waals surface area contributed by atoms with Crippen molar-refractivity contribution in [1.29, 1.82) is 0 Å². The van der Waals surface area contributed by atoms with Gasteiger partial charge in [0.15, 0.2) is 11.3 Å². The molecule has 0 bridgehead atoms. The fourth-order valence-electron chi connectivity index (χ4n) is 7.29. The van der Waals surface area contributed by atoms with E-state index in [9.17, 15) is 40.6 Å². The molecule has 53 heavy (non-hydrogen) atoms. The lowest BCUT2D eigenvalue weighted by atomic mass is 9.82. The number of ketones is 1. The smallest absolute Gasteiger partial charge is 0.336 e. The Bertz CT molecular complexity index is 2590. The number of anilines is 1. The summed E-state index contributed by atoms with van der Waals surface area (Å²) in [6.07, 6.45) is 3.51. The van der Waals surface area contributed by atoms with Crippen LogP contribution in [0.5, 0.6) is 11.5 Å². The fraction of sp³-hybridized carbons (Fsp3) is 0.359. The summed E-state index contributed by atoms with van der Waals surface area (Å²) >= 11 is 0. The van der Waals surface area contributed by atoms with Crippen LogP contribution >= 0.6 is 0 Å². The Morgan fingerprint density at radius 3 is 1.98 bits per heavy atom. The number of hydrogen-bond acceptors (Lipinski definition) is 8. The number of carboxylic acids is 1. The van der Waals surface area contributed by atoms with E-state index in [4.69, 9.17) is 4.74 Å². The van der Waals surface area contributed by atoms with Crippen molar-refractivity contribution in [2.24, 2.45) is 5.41 Å². The van der Waals surface area contributed by atoms with Crippen molar-refractivity contribution in [3.63, 3.8) is 0 Å². The van der Waals surface area contributed by atoms with Crippen molar-refractivity contribution < 1.29 is 45.4 Å². The lowest BCUT2D eigenvalue weighted by Crippen LogP contribution is -2.47. The van der Waals surface area contributed by atoms with Crippen molar-refractivity contribution >= 4 is 54.4 Å². The van der Waals surface area contributed by atoms with E-state index in [1.165, 1.54) is 6.07 Å². The summed E-state index contributed by atoms with van der Waals surface area (Å²) in [6, 6.07) is 11.4. The van der Waals surface area contributed by atoms with Crippen LogP contribution in [0, 0.1) is 5.41 Å². The van der Waals surface area contributed by atoms with Gasteiger partial charge < -0.3 is 14.7 Å². The van der Waals surface area contributed by atoms with Gasteiger partial charge in [0.25, 0.3) is 20.2 Å². The van der Waals surface area contributed by atoms with Crippen LogP contribution in [0.2, 0.25) is 0 Å². The summed E-state index contributed by atoms with van der Waals surface area (Å²) in [4.78, 5) is 28.3. The summed E-state index contributed by atoms with van der Waals surface area (Å²) in [5.74, 6) is -2.25. The summed E-state index contributed by atoms with van der Waals surface area (Å²) in [7, 11) is -5.26. The van der Waals surface area contributed by atoms with Crippen LogP contribution in [-0.4, -0.2) is 79.5 Å². The molecular weight excluding hydrogens is 721 g/mol. The fourth-order valence-corrected chi connectivity index (χ4v) is 8.55. The number of carbonyl (C=O) groups excluding carboxylic acids is 1. The second kappa shape index (κ2) is 12.2. The van der Waals surface area contributed by atoms with Gasteiger partial charge in [-0.1, -0.05) is 39.0 Å². The van der Waals surface area contributed by atoms with Crippen molar-refractivity contribution in [1.82, 2.24) is 4.58 Å². The average Bonchev–Trinajstić information content (AvgIpc) is 3.01. The van der Waals surface area contributed by atoms with Gasteiger partial charge in [0.2, 0.25) is 5.36 Å². The molecule has 0 spiro atoms. The van der Waals surface area contributed by atoms with Crippen molar-refractivity contribution in [2.75, 3.05) is 30.5 Å². The molecule has 0 aliphatic carbocycles. The molecule has 0 radical (unpaired) electrons. The summed E-state index contributed by atoms with van der Waals surface area (Å²) in [6.45, 7) is 12.8. The van der Waals surface area contributed by atoms with Crippen LogP contribution in [0.1, 0.15) is 91.4 Å². The maximum atomic E-state index is 13.3. The molecule has 6 rings (SSSR count). The Labute approximate surface area is 308 Å². The first-order valence-corrected chi connectivity index (χ1v) is 20.1. The third-order valence-electron chi connectivity index (χ3n) is 10.3. The summed E-state index contributed by atoms with van der Waals surface area (Å²) < 4.78 is 77.5. The third-order valence-corrected chi connectivity index (χ3v) is 11.6. The van der Waals surface area contributed by atoms with E-state index in [1.54, 1.807) is 69.3 Å². The van der Waals surface area contributed by atoms with E-state index in [1.807, 2.05) is 51.3 Å². The van der Waals surface area contributed by atoms with Crippen LogP contribution < -0.4 is 24.8 Å². The minimum Gasteiger partial charge on any atom is -0.478 e. The number of fused-ring (bicyclic) bond motifs is 4. The summed E-state index contributed by atoms with van der Waals surface area (Å²) in [5.41, 5.74) is 1.08. The SMILES string of the molecule is CN1c2cc3c(cc2C(CS(=O)(=O)O)=CC1(C)C)C(c1ccc(C(=O)C(C)(C)C)cc1C(=O)O)=c1cc2c(cc1O3)=[N+](C)C(C)(C)C=C2CS(=O)(=O)O. The van der Waals surface area contributed by atoms with E-state index in [0.717, 1.165) is 0 Å². The molecule has 0 aromatic heterocycles. The molecular formula is C39H43N2O10S2+. The number of rotatable bonds is 7. The molecule has 0 unspecified atom stereocenters. The zero-order chi connectivity index (χ0) is 39.4. The average molecular weight is 764 g/mol. The second-order valence-electron chi connectivity index (χ2n) is 16.1. The van der Waals surface area contributed by atoms with E-state index < -0.39 is 54.2 Å². The van der Waals surface area contributed by atoms with Crippen LogP contribution in [0.25, 0.3) is 16.7 Å². The monoisotopic (exact) mass is 763 g/mol. The molecule has 3 heterocycles. The first-order valence-electron chi connectivity index (χ1n) is 16.8. The summed E-state index contributed by atoms with van der Waals surface area (Å²) in [5, 5.41) is 11.6. The molecule has 3 aliphatic heterocycles. The molecule has 0 saturated carbocycles. The van der Waals surface area contributed by atoms with Crippen LogP contribution in [0.4, 0.5) is 5.69 Å². The predicted octanol–water partition coefficient (Wildman–Crippen LogP) is 4.65. The predicted molar refractivity (Wildman–Crippen MR) is 204 cm³/mol. The number of aromatic carboxylic acids is 1. The van der Waals surface area contributed by atoms with E-state index in [0.29, 0.717) is 61.2 Å². The number of carbonyl (C=O) groups is 2. The van der Waals surface area contributed by atoms with Gasteiger partial charge in [-0.25, -0.2) is 9.37 Å². The second-order valence-corrected chi connectivity index (χ2v) is 19.0. The van der Waals surface area contributed by atoms with E-state index >= 15 is 0 Å². The van der Waals surface area contributed by atoms with Crippen molar-refractivity contribution in [3.8, 4) is 11.5 Å². The van der Waals surface area contributed by atoms with Gasteiger partial charge in [-0.05, 0) is 54.8 Å². The van der Waals surface area contributed by atoms with E-state index in [-0.39, 0.29) is 22.5 Å². The highest BCUT2D eigenvalue weighted by Gasteiger charge is 2.37. The maximum Gasteiger partial charge on any atom is 0.336 e. The Hall–Kier alpha value is -4.63. The molecule has 0 saturated heterocycles. The molecule has 14 heteroatoms. The topological polar surface area (TPSA) is 179 Å². The quantitative estimate of drug-likeness (QED) is 0.136. The van der Waals surface area contributed by atoms with Gasteiger partial charge in [-0.2, -0.15) is 16.8 Å². The standard InChI is InChI=1S/C39H42N2O10S2/c1-37(2,3)35(42)21-10-11-24(27(12-21)36(43)44)34-28-13-25-22(19-52(45,46)47)17-38(4,5)40(8)30(25)15-32(28)51-33-16-31-26(14-29(33)34)23(20-53(48,49)50)18-39(6,7)41(31)9/h10-18H,19-20H2,1-9H3,(H2-,43,44,45,46,47,48,49,50)/p+1. The maximum absolute atomic E-state index is 13.3. The van der Waals surface area contributed by atoms with Crippen molar-refractivity contribution in [2.45, 2.75) is 59.5 Å².